The van der Waals surface area contributed by atoms with Gasteiger partial charge >= 0.3 is 0 Å². The van der Waals surface area contributed by atoms with Crippen molar-refractivity contribution in [2.24, 2.45) is 0 Å². The lowest BCUT2D eigenvalue weighted by Gasteiger charge is -2.25. The molecule has 0 N–H and O–H groups in total. The predicted octanol–water partition coefficient (Wildman–Crippen LogP) is 4.13. The zero-order valence-corrected chi connectivity index (χ0v) is 15.0. The number of benzene rings is 1. The lowest BCUT2D eigenvalue weighted by atomic mass is 10.1. The Bertz CT molecular complexity index is 675. The van der Waals surface area contributed by atoms with Gasteiger partial charge in [-0.15, -0.1) is 11.3 Å². The number of hydrogen-bond donors (Lipinski definition) is 0. The van der Waals surface area contributed by atoms with E-state index in [1.165, 1.54) is 4.88 Å². The van der Waals surface area contributed by atoms with Gasteiger partial charge in [-0.05, 0) is 48.6 Å². The van der Waals surface area contributed by atoms with Crippen LogP contribution in [0.25, 0.3) is 0 Å². The van der Waals surface area contributed by atoms with E-state index in [2.05, 4.69) is 12.6 Å². The highest BCUT2D eigenvalue weighted by Gasteiger charge is 2.24. The van der Waals surface area contributed by atoms with Crippen molar-refractivity contribution in [1.29, 1.82) is 0 Å². The summed E-state index contributed by atoms with van der Waals surface area (Å²) in [4.78, 5) is 16.1. The SMILES string of the molecule is C=CCOc1ccc(C(=O)N(Cc2cccs2)CC2CCCO2)cc1. The van der Waals surface area contributed by atoms with E-state index in [4.69, 9.17) is 9.47 Å². The normalized spacial score (nSPS) is 16.6. The lowest BCUT2D eigenvalue weighted by molar-refractivity contribution is 0.0509. The maximum Gasteiger partial charge on any atom is 0.254 e. The molecule has 1 aromatic carbocycles. The highest BCUT2D eigenvalue weighted by atomic mass is 32.1. The van der Waals surface area contributed by atoms with Gasteiger partial charge in [0.2, 0.25) is 0 Å². The number of rotatable bonds is 8. The fraction of sp³-hybridized carbons (Fsp3) is 0.350. The van der Waals surface area contributed by atoms with Gasteiger partial charge in [0, 0.05) is 23.6 Å². The van der Waals surface area contributed by atoms with Gasteiger partial charge in [0.05, 0.1) is 12.6 Å². The molecule has 2 aromatic rings. The van der Waals surface area contributed by atoms with Crippen LogP contribution >= 0.6 is 11.3 Å². The third-order valence-corrected chi connectivity index (χ3v) is 4.99. The van der Waals surface area contributed by atoms with Gasteiger partial charge in [-0.2, -0.15) is 0 Å². The Morgan fingerprint density at radius 2 is 2.20 bits per heavy atom. The summed E-state index contributed by atoms with van der Waals surface area (Å²) in [5, 5.41) is 2.04. The topological polar surface area (TPSA) is 38.8 Å². The Balaban J connectivity index is 1.71. The zero-order chi connectivity index (χ0) is 17.5. The van der Waals surface area contributed by atoms with E-state index in [0.29, 0.717) is 25.3 Å². The average molecular weight is 357 g/mol. The Hall–Kier alpha value is -2.11. The van der Waals surface area contributed by atoms with E-state index in [-0.39, 0.29) is 12.0 Å². The molecule has 1 aromatic heterocycles. The molecule has 0 aliphatic carbocycles. The highest BCUT2D eigenvalue weighted by Crippen LogP contribution is 2.20. The summed E-state index contributed by atoms with van der Waals surface area (Å²) < 4.78 is 11.2. The van der Waals surface area contributed by atoms with Crippen LogP contribution in [0, 0.1) is 0 Å². The highest BCUT2D eigenvalue weighted by molar-refractivity contribution is 7.09. The monoisotopic (exact) mass is 357 g/mol. The first-order chi connectivity index (χ1) is 12.3. The number of carbonyl (C=O) groups is 1. The van der Waals surface area contributed by atoms with Gasteiger partial charge in [-0.3, -0.25) is 4.79 Å². The molecule has 0 saturated carbocycles. The average Bonchev–Trinajstić information content (AvgIpc) is 3.33. The van der Waals surface area contributed by atoms with Gasteiger partial charge in [-0.1, -0.05) is 18.7 Å². The third kappa shape index (κ3) is 4.94. The maximum atomic E-state index is 13.0. The fourth-order valence-corrected chi connectivity index (χ4v) is 3.59. The molecule has 0 spiro atoms. The molecule has 1 amide bonds. The molecule has 4 nitrogen and oxygen atoms in total. The molecule has 0 bridgehead atoms. The van der Waals surface area contributed by atoms with Crippen LogP contribution in [0.5, 0.6) is 5.75 Å². The zero-order valence-electron chi connectivity index (χ0n) is 14.2. The minimum absolute atomic E-state index is 0.0270. The van der Waals surface area contributed by atoms with E-state index >= 15 is 0 Å². The first-order valence-corrected chi connectivity index (χ1v) is 9.41. The minimum atomic E-state index is 0.0270. The maximum absolute atomic E-state index is 13.0. The minimum Gasteiger partial charge on any atom is -0.490 e. The van der Waals surface area contributed by atoms with Gasteiger partial charge in [0.25, 0.3) is 5.91 Å². The summed E-state index contributed by atoms with van der Waals surface area (Å²) in [7, 11) is 0. The second kappa shape index (κ2) is 8.83. The molecule has 25 heavy (non-hydrogen) atoms. The molecule has 132 valence electrons. The molecule has 1 fully saturated rings. The van der Waals surface area contributed by atoms with Crippen LogP contribution in [-0.2, 0) is 11.3 Å². The Labute approximate surface area is 152 Å². The van der Waals surface area contributed by atoms with Crippen LogP contribution in [0.1, 0.15) is 28.1 Å². The third-order valence-electron chi connectivity index (χ3n) is 4.13. The van der Waals surface area contributed by atoms with Gasteiger partial charge < -0.3 is 14.4 Å². The summed E-state index contributed by atoms with van der Waals surface area (Å²) in [6.07, 6.45) is 3.92. The molecule has 1 aliphatic rings. The number of hydrogen-bond acceptors (Lipinski definition) is 4. The van der Waals surface area contributed by atoms with Crippen molar-refractivity contribution >= 4 is 17.2 Å². The summed E-state index contributed by atoms with van der Waals surface area (Å²) in [5.41, 5.74) is 0.667. The van der Waals surface area contributed by atoms with Crippen molar-refractivity contribution in [3.05, 3.63) is 64.9 Å². The van der Waals surface area contributed by atoms with Crippen molar-refractivity contribution in [2.75, 3.05) is 19.8 Å². The molecule has 1 unspecified atom stereocenters. The first kappa shape index (κ1) is 17.7. The molecule has 0 radical (unpaired) electrons. The van der Waals surface area contributed by atoms with Crippen molar-refractivity contribution in [2.45, 2.75) is 25.5 Å². The molecule has 5 heteroatoms. The Kier molecular flexibility index (Phi) is 6.25. The van der Waals surface area contributed by atoms with Crippen LogP contribution in [0.15, 0.2) is 54.4 Å². The molecule has 1 aliphatic heterocycles. The molecule has 2 heterocycles. The Morgan fingerprint density at radius 3 is 2.84 bits per heavy atom. The fourth-order valence-electron chi connectivity index (χ4n) is 2.88. The summed E-state index contributed by atoms with van der Waals surface area (Å²) in [6.45, 7) is 6.13. The molecule has 1 saturated heterocycles. The summed E-state index contributed by atoms with van der Waals surface area (Å²) in [6, 6.07) is 11.4. The number of ether oxygens (including phenoxy) is 2. The van der Waals surface area contributed by atoms with Crippen molar-refractivity contribution in [3.63, 3.8) is 0 Å². The van der Waals surface area contributed by atoms with E-state index < -0.39 is 0 Å². The standard InChI is InChI=1S/C20H23NO3S/c1-2-11-23-17-9-7-16(8-10-17)20(22)21(14-18-5-3-12-24-18)15-19-6-4-13-25-19/h2,4,6-10,13,18H,1,3,5,11-12,14-15H2. The van der Waals surface area contributed by atoms with E-state index in [1.807, 2.05) is 40.6 Å². The molecule has 3 rings (SSSR count). The van der Waals surface area contributed by atoms with Crippen molar-refractivity contribution < 1.29 is 14.3 Å². The number of carbonyl (C=O) groups excluding carboxylic acids is 1. The summed E-state index contributed by atoms with van der Waals surface area (Å²) in [5.74, 6) is 0.763. The quantitative estimate of drug-likeness (QED) is 0.667. The van der Waals surface area contributed by atoms with Crippen molar-refractivity contribution in [1.82, 2.24) is 4.90 Å². The first-order valence-electron chi connectivity index (χ1n) is 8.53. The second-order valence-electron chi connectivity index (χ2n) is 6.02. The van der Waals surface area contributed by atoms with Crippen LogP contribution in [-0.4, -0.2) is 36.7 Å². The molecular weight excluding hydrogens is 334 g/mol. The molecule has 1 atom stereocenters. The van der Waals surface area contributed by atoms with E-state index in [9.17, 15) is 4.79 Å². The van der Waals surface area contributed by atoms with Gasteiger partial charge in [-0.25, -0.2) is 0 Å². The number of amides is 1. The Morgan fingerprint density at radius 1 is 1.36 bits per heavy atom. The second-order valence-corrected chi connectivity index (χ2v) is 7.06. The van der Waals surface area contributed by atoms with Crippen LogP contribution in [0.3, 0.4) is 0 Å². The van der Waals surface area contributed by atoms with Gasteiger partial charge in [0.1, 0.15) is 12.4 Å². The van der Waals surface area contributed by atoms with E-state index in [1.54, 1.807) is 17.4 Å². The van der Waals surface area contributed by atoms with Crippen LogP contribution in [0.4, 0.5) is 0 Å². The molecular formula is C20H23NO3S. The largest absolute Gasteiger partial charge is 0.490 e. The van der Waals surface area contributed by atoms with Crippen LogP contribution in [0.2, 0.25) is 0 Å². The number of nitrogens with zero attached hydrogens (tertiary/aromatic N) is 1. The summed E-state index contributed by atoms with van der Waals surface area (Å²) >= 11 is 1.67. The lowest BCUT2D eigenvalue weighted by Crippen LogP contribution is -2.36. The van der Waals surface area contributed by atoms with Gasteiger partial charge in [0.15, 0.2) is 0 Å². The van der Waals surface area contributed by atoms with Crippen molar-refractivity contribution in [3.8, 4) is 5.75 Å². The van der Waals surface area contributed by atoms with E-state index in [0.717, 1.165) is 25.2 Å². The smallest absolute Gasteiger partial charge is 0.254 e. The predicted molar refractivity (Wildman–Crippen MR) is 100 cm³/mol. The van der Waals surface area contributed by atoms with Crippen LogP contribution < -0.4 is 4.74 Å². The number of thiophene rings is 1.